The van der Waals surface area contributed by atoms with E-state index in [4.69, 9.17) is 9.84 Å². The molecule has 0 aliphatic carbocycles. The van der Waals surface area contributed by atoms with Gasteiger partial charge in [-0.15, -0.1) is 0 Å². The Bertz CT molecular complexity index is 587. The monoisotopic (exact) mass is 362 g/mol. The first-order valence-electron chi connectivity index (χ1n) is 10.1. The van der Waals surface area contributed by atoms with Crippen LogP contribution < -0.4 is 4.74 Å². The summed E-state index contributed by atoms with van der Waals surface area (Å²) < 4.78 is 6.36. The largest absolute Gasteiger partial charge is 0.490 e. The Morgan fingerprint density at radius 1 is 1.04 bits per heavy atom. The van der Waals surface area contributed by atoms with Crippen molar-refractivity contribution in [1.29, 1.82) is 0 Å². The third kappa shape index (κ3) is 6.03. The Labute approximate surface area is 160 Å². The van der Waals surface area contributed by atoms with Crippen LogP contribution in [0.2, 0.25) is 0 Å². The molecule has 1 aromatic rings. The molecule has 0 aromatic heterocycles. The van der Waals surface area contributed by atoms with E-state index < -0.39 is 5.97 Å². The summed E-state index contributed by atoms with van der Waals surface area (Å²) >= 11 is 0. The van der Waals surface area contributed by atoms with Crippen LogP contribution in [0.15, 0.2) is 18.2 Å². The maximum atomic E-state index is 11.0. The molecule has 0 spiro atoms. The first-order valence-corrected chi connectivity index (χ1v) is 10.1. The molecular weight excluding hydrogens is 324 g/mol. The molecule has 0 saturated heterocycles. The second kappa shape index (κ2) is 9.43. The van der Waals surface area contributed by atoms with Crippen LogP contribution in [-0.2, 0) is 15.6 Å². The first kappa shape index (κ1) is 22.5. The van der Waals surface area contributed by atoms with Gasteiger partial charge < -0.3 is 9.84 Å². The Hall–Kier alpha value is -1.51. The number of aliphatic carboxylic acids is 1. The van der Waals surface area contributed by atoms with E-state index in [2.05, 4.69) is 66.7 Å². The van der Waals surface area contributed by atoms with Crippen molar-refractivity contribution in [3.05, 3.63) is 29.3 Å². The molecular formula is C23H38O3. The van der Waals surface area contributed by atoms with Gasteiger partial charge in [-0.25, -0.2) is 0 Å². The average Bonchev–Trinajstić information content (AvgIpc) is 2.59. The molecule has 1 N–H and O–H groups in total. The highest BCUT2D eigenvalue weighted by Crippen LogP contribution is 2.39. The zero-order valence-electron chi connectivity index (χ0n) is 17.8. The fraction of sp³-hybridized carbons (Fsp3) is 0.696. The van der Waals surface area contributed by atoms with Crippen molar-refractivity contribution in [2.75, 3.05) is 0 Å². The van der Waals surface area contributed by atoms with Crippen molar-refractivity contribution < 1.29 is 14.6 Å². The quantitative estimate of drug-likeness (QED) is 0.490. The van der Waals surface area contributed by atoms with E-state index in [9.17, 15) is 4.79 Å². The van der Waals surface area contributed by atoms with E-state index in [1.165, 1.54) is 11.1 Å². The van der Waals surface area contributed by atoms with Gasteiger partial charge in [0.25, 0.3) is 0 Å². The molecule has 148 valence electrons. The fourth-order valence-corrected chi connectivity index (χ4v) is 3.03. The van der Waals surface area contributed by atoms with Crippen molar-refractivity contribution in [3.8, 4) is 5.75 Å². The second-order valence-corrected chi connectivity index (χ2v) is 8.65. The van der Waals surface area contributed by atoms with Gasteiger partial charge in [0, 0.05) is 12.0 Å². The maximum absolute atomic E-state index is 11.0. The molecule has 3 heteroatoms. The van der Waals surface area contributed by atoms with E-state index in [0.29, 0.717) is 6.42 Å². The summed E-state index contributed by atoms with van der Waals surface area (Å²) in [4.78, 5) is 11.0. The molecule has 0 amide bonds. The van der Waals surface area contributed by atoms with Crippen LogP contribution in [0.4, 0.5) is 0 Å². The minimum Gasteiger partial charge on any atom is -0.490 e. The highest BCUT2D eigenvalue weighted by atomic mass is 16.5. The molecule has 1 aromatic carbocycles. The Morgan fingerprint density at radius 2 is 1.65 bits per heavy atom. The summed E-state index contributed by atoms with van der Waals surface area (Å²) in [6.45, 7) is 15.6. The van der Waals surface area contributed by atoms with E-state index in [1.807, 2.05) is 0 Å². The summed E-state index contributed by atoms with van der Waals surface area (Å²) in [5.74, 6) is 0.153. The Kier molecular flexibility index (Phi) is 8.17. The van der Waals surface area contributed by atoms with E-state index in [-0.39, 0.29) is 23.4 Å². The SMILES string of the molecule is CCCC(CCC(=O)O)Oc1ccc(C(C)(C)CC)cc1C(C)(C)CC. The number of carboxylic acids is 1. The first-order chi connectivity index (χ1) is 12.1. The minimum atomic E-state index is -0.760. The van der Waals surface area contributed by atoms with Crippen LogP contribution in [0, 0.1) is 0 Å². The van der Waals surface area contributed by atoms with E-state index in [1.54, 1.807) is 0 Å². The normalized spacial score (nSPS) is 13.5. The van der Waals surface area contributed by atoms with Crippen molar-refractivity contribution in [2.24, 2.45) is 0 Å². The third-order valence-electron chi connectivity index (χ3n) is 5.84. The molecule has 0 heterocycles. The summed E-state index contributed by atoms with van der Waals surface area (Å²) in [7, 11) is 0. The lowest BCUT2D eigenvalue weighted by Gasteiger charge is -2.31. The lowest BCUT2D eigenvalue weighted by Crippen LogP contribution is -2.24. The number of hydrogen-bond acceptors (Lipinski definition) is 2. The average molecular weight is 363 g/mol. The van der Waals surface area contributed by atoms with E-state index >= 15 is 0 Å². The summed E-state index contributed by atoms with van der Waals surface area (Å²) in [6.07, 6.45) is 4.62. The van der Waals surface area contributed by atoms with E-state index in [0.717, 1.165) is 31.4 Å². The van der Waals surface area contributed by atoms with Crippen LogP contribution in [0.5, 0.6) is 5.75 Å². The van der Waals surface area contributed by atoms with Crippen molar-refractivity contribution >= 4 is 5.97 Å². The molecule has 0 aliphatic rings. The molecule has 1 atom stereocenters. The molecule has 0 bridgehead atoms. The number of ether oxygens (including phenoxy) is 1. The van der Waals surface area contributed by atoms with Crippen molar-refractivity contribution in [2.45, 2.75) is 104 Å². The number of carbonyl (C=O) groups is 1. The molecule has 3 nitrogen and oxygen atoms in total. The maximum Gasteiger partial charge on any atom is 0.303 e. The molecule has 0 radical (unpaired) electrons. The zero-order chi connectivity index (χ0) is 20.0. The molecule has 0 fully saturated rings. The molecule has 26 heavy (non-hydrogen) atoms. The fourth-order valence-electron chi connectivity index (χ4n) is 3.03. The standard InChI is InChI=1S/C23H38O3/c1-8-11-18(13-15-21(24)25)26-20-14-12-17(22(4,5)9-2)16-19(20)23(6,7)10-3/h12,14,16,18H,8-11,13,15H2,1-7H3,(H,24,25). The lowest BCUT2D eigenvalue weighted by atomic mass is 9.76. The highest BCUT2D eigenvalue weighted by Gasteiger charge is 2.27. The predicted octanol–water partition coefficient (Wildman–Crippen LogP) is 6.47. The van der Waals surface area contributed by atoms with Gasteiger partial charge in [-0.3, -0.25) is 4.79 Å². The highest BCUT2D eigenvalue weighted by molar-refractivity contribution is 5.66. The van der Waals surface area contributed by atoms with Crippen LogP contribution >= 0.6 is 0 Å². The molecule has 0 aliphatic heterocycles. The summed E-state index contributed by atoms with van der Waals surface area (Å²) in [5.41, 5.74) is 2.71. The number of carboxylic acid groups (broad SMARTS) is 1. The van der Waals surface area contributed by atoms with Crippen molar-refractivity contribution in [3.63, 3.8) is 0 Å². The topological polar surface area (TPSA) is 46.5 Å². The van der Waals surface area contributed by atoms with Gasteiger partial charge in [0.2, 0.25) is 0 Å². The Morgan fingerprint density at radius 3 is 2.15 bits per heavy atom. The molecule has 1 unspecified atom stereocenters. The summed E-state index contributed by atoms with van der Waals surface area (Å²) in [5, 5.41) is 9.02. The zero-order valence-corrected chi connectivity index (χ0v) is 17.8. The molecule has 0 saturated carbocycles. The van der Waals surface area contributed by atoms with Gasteiger partial charge in [0.05, 0.1) is 6.10 Å². The predicted molar refractivity (Wildman–Crippen MR) is 109 cm³/mol. The third-order valence-corrected chi connectivity index (χ3v) is 5.84. The van der Waals surface area contributed by atoms with Gasteiger partial charge >= 0.3 is 5.97 Å². The Balaban J connectivity index is 3.25. The minimum absolute atomic E-state index is 0.0126. The lowest BCUT2D eigenvalue weighted by molar-refractivity contribution is -0.137. The van der Waals surface area contributed by atoms with Gasteiger partial charge in [-0.05, 0) is 48.1 Å². The van der Waals surface area contributed by atoms with Crippen LogP contribution in [0.3, 0.4) is 0 Å². The number of rotatable bonds is 11. The number of benzene rings is 1. The van der Waals surface area contributed by atoms with Gasteiger partial charge in [-0.1, -0.05) is 67.0 Å². The van der Waals surface area contributed by atoms with Crippen molar-refractivity contribution in [1.82, 2.24) is 0 Å². The second-order valence-electron chi connectivity index (χ2n) is 8.65. The smallest absolute Gasteiger partial charge is 0.303 e. The van der Waals surface area contributed by atoms with Gasteiger partial charge in [-0.2, -0.15) is 0 Å². The van der Waals surface area contributed by atoms with Gasteiger partial charge in [0.15, 0.2) is 0 Å². The van der Waals surface area contributed by atoms with Gasteiger partial charge in [0.1, 0.15) is 5.75 Å². The van der Waals surface area contributed by atoms with Crippen LogP contribution in [0.25, 0.3) is 0 Å². The number of hydrogen-bond donors (Lipinski definition) is 1. The van der Waals surface area contributed by atoms with Crippen LogP contribution in [-0.4, -0.2) is 17.2 Å². The van der Waals surface area contributed by atoms with Crippen LogP contribution in [0.1, 0.15) is 98.1 Å². The summed E-state index contributed by atoms with van der Waals surface area (Å²) in [6, 6.07) is 6.58. The molecule has 1 rings (SSSR count).